The van der Waals surface area contributed by atoms with Crippen molar-refractivity contribution >= 4 is 21.7 Å². The van der Waals surface area contributed by atoms with Gasteiger partial charge in [0.05, 0.1) is 6.07 Å². The number of nitriles is 1. The van der Waals surface area contributed by atoms with Crippen LogP contribution in [0.25, 0.3) is 0 Å². The molecule has 1 atom stereocenters. The smallest absolute Gasteiger partial charge is 0.153 e. The van der Waals surface area contributed by atoms with Gasteiger partial charge in [-0.15, -0.1) is 0 Å². The highest BCUT2D eigenvalue weighted by atomic mass is 79.9. The fourth-order valence-corrected chi connectivity index (χ4v) is 2.49. The molecule has 0 N–H and O–H groups in total. The van der Waals surface area contributed by atoms with E-state index in [-0.39, 0.29) is 5.78 Å². The maximum atomic E-state index is 12.0. The molecule has 3 nitrogen and oxygen atoms in total. The van der Waals surface area contributed by atoms with E-state index in [9.17, 15) is 10.1 Å². The minimum Gasteiger partial charge on any atom is -0.298 e. The lowest BCUT2D eigenvalue weighted by molar-refractivity contribution is -0.128. The highest BCUT2D eigenvalue weighted by Gasteiger charge is 2.40. The minimum absolute atomic E-state index is 0.0796. The molecule has 0 saturated heterocycles. The molecule has 1 heterocycles. The number of halogens is 1. The van der Waals surface area contributed by atoms with Gasteiger partial charge in [0.25, 0.3) is 0 Å². The topological polar surface area (TPSA) is 53.8 Å². The molecular formula is C13H13BrN2O. The van der Waals surface area contributed by atoms with Crippen molar-refractivity contribution in [3.05, 3.63) is 28.5 Å². The summed E-state index contributed by atoms with van der Waals surface area (Å²) < 4.78 is 0.905. The van der Waals surface area contributed by atoms with Crippen LogP contribution in [0.1, 0.15) is 31.4 Å². The average Bonchev–Trinajstić information content (AvgIpc) is 2.35. The van der Waals surface area contributed by atoms with E-state index in [1.807, 2.05) is 12.1 Å². The van der Waals surface area contributed by atoms with Gasteiger partial charge in [-0.3, -0.25) is 9.78 Å². The number of hydrogen-bond donors (Lipinski definition) is 0. The Morgan fingerprint density at radius 2 is 2.29 bits per heavy atom. The van der Waals surface area contributed by atoms with Gasteiger partial charge in [0.2, 0.25) is 0 Å². The normalized spacial score (nSPS) is 24.4. The number of nitrogens with zero attached hydrogens (tertiary/aromatic N) is 2. The molecule has 1 aliphatic carbocycles. The summed E-state index contributed by atoms with van der Waals surface area (Å²) in [4.78, 5) is 16.2. The minimum atomic E-state index is -0.834. The second kappa shape index (κ2) is 4.97. The van der Waals surface area contributed by atoms with Crippen LogP contribution in [-0.2, 0) is 11.2 Å². The van der Waals surface area contributed by atoms with Crippen molar-refractivity contribution in [1.29, 1.82) is 5.26 Å². The van der Waals surface area contributed by atoms with E-state index in [2.05, 4.69) is 27.0 Å². The van der Waals surface area contributed by atoms with E-state index in [4.69, 9.17) is 0 Å². The maximum absolute atomic E-state index is 12.0. The highest BCUT2D eigenvalue weighted by Crippen LogP contribution is 2.35. The number of Topliss-reactive ketones (excluding diaryl/α,β-unsaturated/α-hetero) is 1. The van der Waals surface area contributed by atoms with E-state index in [0.717, 1.165) is 23.0 Å². The molecule has 88 valence electrons. The Bertz CT molecular complexity index is 463. The van der Waals surface area contributed by atoms with E-state index in [1.165, 1.54) is 0 Å². The van der Waals surface area contributed by atoms with Gasteiger partial charge in [-0.2, -0.15) is 5.26 Å². The summed E-state index contributed by atoms with van der Waals surface area (Å²) in [5.41, 5.74) is -0.0241. The summed E-state index contributed by atoms with van der Waals surface area (Å²) in [7, 11) is 0. The van der Waals surface area contributed by atoms with E-state index in [1.54, 1.807) is 6.20 Å². The molecule has 1 aliphatic rings. The summed E-state index contributed by atoms with van der Waals surface area (Å²) in [6.45, 7) is 0. The molecule has 1 aromatic rings. The Morgan fingerprint density at radius 1 is 1.47 bits per heavy atom. The van der Waals surface area contributed by atoms with Crippen molar-refractivity contribution in [2.45, 2.75) is 32.1 Å². The van der Waals surface area contributed by atoms with Gasteiger partial charge in [0, 0.05) is 29.2 Å². The van der Waals surface area contributed by atoms with Crippen molar-refractivity contribution in [2.75, 3.05) is 0 Å². The molecule has 0 amide bonds. The molecule has 1 aromatic heterocycles. The molecule has 0 aliphatic heterocycles. The predicted molar refractivity (Wildman–Crippen MR) is 67.2 cm³/mol. The van der Waals surface area contributed by atoms with Crippen LogP contribution in [-0.4, -0.2) is 10.8 Å². The molecule has 1 unspecified atom stereocenters. The molecule has 2 rings (SSSR count). The predicted octanol–water partition coefficient (Wildman–Crippen LogP) is 3.04. The van der Waals surface area contributed by atoms with Crippen LogP contribution in [0.3, 0.4) is 0 Å². The van der Waals surface area contributed by atoms with E-state index in [0.29, 0.717) is 19.3 Å². The van der Waals surface area contributed by atoms with Gasteiger partial charge in [0.15, 0.2) is 5.78 Å². The first-order valence-corrected chi connectivity index (χ1v) is 6.51. The molecule has 17 heavy (non-hydrogen) atoms. The monoisotopic (exact) mass is 292 g/mol. The number of pyridine rings is 1. The van der Waals surface area contributed by atoms with Crippen molar-refractivity contribution in [3.63, 3.8) is 0 Å². The molecule has 0 radical (unpaired) electrons. The van der Waals surface area contributed by atoms with Crippen LogP contribution >= 0.6 is 15.9 Å². The van der Waals surface area contributed by atoms with Gasteiger partial charge in [0.1, 0.15) is 5.41 Å². The summed E-state index contributed by atoms with van der Waals surface area (Å²) in [6.07, 6.45) is 5.21. The molecule has 0 bridgehead atoms. The SMILES string of the molecule is N#CC1(Cc2ccc(Br)cn2)CCCCC1=O. The number of ketones is 1. The zero-order valence-electron chi connectivity index (χ0n) is 9.45. The Kier molecular flexibility index (Phi) is 3.58. The zero-order chi connectivity index (χ0) is 12.3. The third-order valence-electron chi connectivity index (χ3n) is 3.28. The Balaban J connectivity index is 2.22. The van der Waals surface area contributed by atoms with Gasteiger partial charge in [-0.05, 0) is 40.9 Å². The first-order valence-electron chi connectivity index (χ1n) is 5.71. The molecule has 4 heteroatoms. The second-order valence-electron chi connectivity index (χ2n) is 4.47. The van der Waals surface area contributed by atoms with Gasteiger partial charge in [-0.25, -0.2) is 0 Å². The van der Waals surface area contributed by atoms with E-state index < -0.39 is 5.41 Å². The van der Waals surface area contributed by atoms with Crippen LogP contribution in [0.4, 0.5) is 0 Å². The number of carbonyl (C=O) groups excluding carboxylic acids is 1. The number of aromatic nitrogens is 1. The lowest BCUT2D eigenvalue weighted by atomic mass is 9.71. The van der Waals surface area contributed by atoms with Crippen LogP contribution in [0.15, 0.2) is 22.8 Å². The second-order valence-corrected chi connectivity index (χ2v) is 5.38. The zero-order valence-corrected chi connectivity index (χ0v) is 11.0. The van der Waals surface area contributed by atoms with Crippen molar-refractivity contribution in [3.8, 4) is 6.07 Å². The molecule has 0 spiro atoms. The summed E-state index contributed by atoms with van der Waals surface area (Å²) in [5.74, 6) is 0.0796. The Morgan fingerprint density at radius 3 is 2.88 bits per heavy atom. The summed E-state index contributed by atoms with van der Waals surface area (Å²) >= 11 is 3.32. The first kappa shape index (κ1) is 12.3. The van der Waals surface area contributed by atoms with Gasteiger partial charge < -0.3 is 0 Å². The largest absolute Gasteiger partial charge is 0.298 e. The van der Waals surface area contributed by atoms with Gasteiger partial charge >= 0.3 is 0 Å². The van der Waals surface area contributed by atoms with E-state index >= 15 is 0 Å². The molecular weight excluding hydrogens is 280 g/mol. The fourth-order valence-electron chi connectivity index (χ4n) is 2.26. The van der Waals surface area contributed by atoms with Crippen molar-refractivity contribution in [1.82, 2.24) is 4.98 Å². The van der Waals surface area contributed by atoms with Crippen LogP contribution in [0.2, 0.25) is 0 Å². The van der Waals surface area contributed by atoms with Crippen molar-refractivity contribution in [2.24, 2.45) is 5.41 Å². The third-order valence-corrected chi connectivity index (χ3v) is 3.75. The first-order chi connectivity index (χ1) is 8.16. The highest BCUT2D eigenvalue weighted by molar-refractivity contribution is 9.10. The summed E-state index contributed by atoms with van der Waals surface area (Å²) in [5, 5.41) is 9.32. The quantitative estimate of drug-likeness (QED) is 0.842. The van der Waals surface area contributed by atoms with Crippen molar-refractivity contribution < 1.29 is 4.79 Å². The van der Waals surface area contributed by atoms with Crippen LogP contribution in [0, 0.1) is 16.7 Å². The maximum Gasteiger partial charge on any atom is 0.153 e. The van der Waals surface area contributed by atoms with Crippen LogP contribution < -0.4 is 0 Å². The Hall–Kier alpha value is -1.21. The Labute approximate surface area is 109 Å². The number of rotatable bonds is 2. The lowest BCUT2D eigenvalue weighted by Crippen LogP contribution is -2.35. The lowest BCUT2D eigenvalue weighted by Gasteiger charge is -2.28. The molecule has 1 fully saturated rings. The van der Waals surface area contributed by atoms with Gasteiger partial charge in [-0.1, -0.05) is 6.42 Å². The standard InChI is InChI=1S/C13H13BrN2O/c14-10-4-5-11(16-8-10)7-13(9-15)6-2-1-3-12(13)17/h4-5,8H,1-3,6-7H2. The number of hydrogen-bond acceptors (Lipinski definition) is 3. The molecule has 0 aromatic carbocycles. The van der Waals surface area contributed by atoms with Crippen LogP contribution in [0.5, 0.6) is 0 Å². The number of carbonyl (C=O) groups is 1. The summed E-state index contributed by atoms with van der Waals surface area (Å²) in [6, 6.07) is 5.98. The third kappa shape index (κ3) is 2.55. The average molecular weight is 293 g/mol. The molecule has 1 saturated carbocycles. The fraction of sp³-hybridized carbons (Fsp3) is 0.462.